The number of ether oxygens (including phenoxy) is 1. The first kappa shape index (κ1) is 13.4. The smallest absolute Gasteiger partial charge is 0.337 e. The molecule has 0 rings (SSSR count). The predicted octanol–water partition coefficient (Wildman–Crippen LogP) is 0.497. The second-order valence-electron chi connectivity index (χ2n) is 2.97. The molecule has 0 saturated heterocycles. The highest BCUT2D eigenvalue weighted by Gasteiger charge is 2.06. The van der Waals surface area contributed by atoms with Crippen molar-refractivity contribution in [2.75, 3.05) is 6.61 Å². The molecule has 0 bridgehead atoms. The molecular weight excluding hydrogens is 200 g/mol. The van der Waals surface area contributed by atoms with Gasteiger partial charge in [0.25, 0.3) is 0 Å². The van der Waals surface area contributed by atoms with Gasteiger partial charge in [-0.1, -0.05) is 6.58 Å². The van der Waals surface area contributed by atoms with Crippen molar-refractivity contribution in [3.8, 4) is 0 Å². The number of carbonyl (C=O) groups excluding carboxylic acids is 1. The van der Waals surface area contributed by atoms with Crippen molar-refractivity contribution < 1.29 is 24.5 Å². The Balaban J connectivity index is 3.90. The first-order valence-electron chi connectivity index (χ1n) is 4.38. The number of rotatable bonds is 6. The van der Waals surface area contributed by atoms with E-state index in [1.807, 2.05) is 0 Å². The first-order valence-corrected chi connectivity index (χ1v) is 4.38. The standard InChI is InChI=1S/C10H14O5/c1-7(3-4-9(12)13)10(14)15-6-5-8(2)11/h3-4,8,11H,1,5-6H2,2H3,(H,12,13). The maximum Gasteiger partial charge on any atom is 0.337 e. The summed E-state index contributed by atoms with van der Waals surface area (Å²) in [5.74, 6) is -1.85. The zero-order valence-electron chi connectivity index (χ0n) is 8.47. The largest absolute Gasteiger partial charge is 0.478 e. The molecule has 0 aromatic rings. The quantitative estimate of drug-likeness (QED) is 0.382. The minimum absolute atomic E-state index is 0.0389. The van der Waals surface area contributed by atoms with E-state index < -0.39 is 18.0 Å². The van der Waals surface area contributed by atoms with Crippen molar-refractivity contribution in [3.63, 3.8) is 0 Å². The lowest BCUT2D eigenvalue weighted by Crippen LogP contribution is -2.11. The average molecular weight is 214 g/mol. The van der Waals surface area contributed by atoms with Gasteiger partial charge in [-0.05, 0) is 13.0 Å². The number of aliphatic carboxylic acids is 1. The van der Waals surface area contributed by atoms with E-state index >= 15 is 0 Å². The van der Waals surface area contributed by atoms with E-state index in [0.717, 1.165) is 12.2 Å². The number of carboxylic acids is 1. The lowest BCUT2D eigenvalue weighted by Gasteiger charge is -2.05. The molecule has 15 heavy (non-hydrogen) atoms. The molecule has 84 valence electrons. The van der Waals surface area contributed by atoms with Crippen LogP contribution < -0.4 is 0 Å². The third-order valence-corrected chi connectivity index (χ3v) is 1.46. The molecule has 2 N–H and O–H groups in total. The molecule has 0 aromatic carbocycles. The van der Waals surface area contributed by atoms with Gasteiger partial charge in [0.2, 0.25) is 0 Å². The van der Waals surface area contributed by atoms with E-state index in [2.05, 4.69) is 6.58 Å². The van der Waals surface area contributed by atoms with E-state index in [1.165, 1.54) is 0 Å². The normalized spacial score (nSPS) is 12.4. The fourth-order valence-electron chi connectivity index (χ4n) is 0.655. The first-order chi connectivity index (χ1) is 6.93. The van der Waals surface area contributed by atoms with Gasteiger partial charge in [-0.3, -0.25) is 0 Å². The van der Waals surface area contributed by atoms with E-state index in [9.17, 15) is 9.59 Å². The van der Waals surface area contributed by atoms with Crippen LogP contribution in [-0.2, 0) is 14.3 Å². The summed E-state index contributed by atoms with van der Waals surface area (Å²) in [6, 6.07) is 0. The van der Waals surface area contributed by atoms with Crippen molar-refractivity contribution in [2.45, 2.75) is 19.4 Å². The van der Waals surface area contributed by atoms with Gasteiger partial charge in [0.05, 0.1) is 18.3 Å². The fourth-order valence-corrected chi connectivity index (χ4v) is 0.655. The Morgan fingerprint density at radius 2 is 2.07 bits per heavy atom. The van der Waals surface area contributed by atoms with Crippen molar-refractivity contribution in [1.29, 1.82) is 0 Å². The minimum atomic E-state index is -1.16. The third kappa shape index (κ3) is 7.45. The van der Waals surface area contributed by atoms with Crippen LogP contribution >= 0.6 is 0 Å². The van der Waals surface area contributed by atoms with Crippen LogP contribution in [0.3, 0.4) is 0 Å². The van der Waals surface area contributed by atoms with E-state index in [4.69, 9.17) is 14.9 Å². The highest BCUT2D eigenvalue weighted by atomic mass is 16.5. The van der Waals surface area contributed by atoms with Crippen LogP contribution in [0.4, 0.5) is 0 Å². The molecule has 0 fully saturated rings. The second kappa shape index (κ2) is 6.78. The molecule has 0 saturated carbocycles. The van der Waals surface area contributed by atoms with Gasteiger partial charge in [0.15, 0.2) is 0 Å². The Labute approximate surface area is 87.7 Å². The van der Waals surface area contributed by atoms with Crippen molar-refractivity contribution in [2.24, 2.45) is 0 Å². The summed E-state index contributed by atoms with van der Waals surface area (Å²) < 4.78 is 4.70. The summed E-state index contributed by atoms with van der Waals surface area (Å²) in [6.45, 7) is 4.99. The van der Waals surface area contributed by atoms with Gasteiger partial charge in [0, 0.05) is 12.5 Å². The number of aliphatic hydroxyl groups is 1. The summed E-state index contributed by atoms with van der Waals surface area (Å²) >= 11 is 0. The SMILES string of the molecule is C=C(C=CC(=O)O)C(=O)OCCC(C)O. The van der Waals surface area contributed by atoms with Crippen molar-refractivity contribution in [1.82, 2.24) is 0 Å². The second-order valence-corrected chi connectivity index (χ2v) is 2.97. The predicted molar refractivity (Wildman–Crippen MR) is 53.2 cm³/mol. The molecule has 0 spiro atoms. The van der Waals surface area contributed by atoms with Crippen LogP contribution in [0.5, 0.6) is 0 Å². The van der Waals surface area contributed by atoms with Crippen molar-refractivity contribution >= 4 is 11.9 Å². The monoisotopic (exact) mass is 214 g/mol. The lowest BCUT2D eigenvalue weighted by molar-refractivity contribution is -0.139. The molecule has 5 nitrogen and oxygen atoms in total. The van der Waals surface area contributed by atoms with Gasteiger partial charge in [-0.25, -0.2) is 9.59 Å². The maximum atomic E-state index is 11.1. The van der Waals surface area contributed by atoms with Crippen LogP contribution in [0.1, 0.15) is 13.3 Å². The number of hydrogen-bond acceptors (Lipinski definition) is 4. The summed E-state index contributed by atoms with van der Waals surface area (Å²) in [6.07, 6.45) is 1.66. The van der Waals surface area contributed by atoms with Gasteiger partial charge in [-0.15, -0.1) is 0 Å². The topological polar surface area (TPSA) is 83.8 Å². The zero-order chi connectivity index (χ0) is 11.8. The number of carbonyl (C=O) groups is 2. The zero-order valence-corrected chi connectivity index (χ0v) is 8.47. The van der Waals surface area contributed by atoms with E-state index in [1.54, 1.807) is 6.92 Å². The maximum absolute atomic E-state index is 11.1. The van der Waals surface area contributed by atoms with Crippen LogP contribution in [-0.4, -0.2) is 34.9 Å². The van der Waals surface area contributed by atoms with Gasteiger partial charge >= 0.3 is 11.9 Å². The van der Waals surface area contributed by atoms with Crippen LogP contribution in [0.15, 0.2) is 24.3 Å². The molecule has 0 amide bonds. The third-order valence-electron chi connectivity index (χ3n) is 1.46. The molecule has 0 aliphatic heterocycles. The summed E-state index contributed by atoms with van der Waals surface area (Å²) in [5.41, 5.74) is -0.0389. The number of aliphatic hydroxyl groups excluding tert-OH is 1. The highest BCUT2D eigenvalue weighted by molar-refractivity contribution is 5.93. The number of hydrogen-bond donors (Lipinski definition) is 2. The van der Waals surface area contributed by atoms with Crippen LogP contribution in [0, 0.1) is 0 Å². The highest BCUT2D eigenvalue weighted by Crippen LogP contribution is 1.99. The molecule has 1 unspecified atom stereocenters. The summed E-state index contributed by atoms with van der Waals surface area (Å²) in [5, 5.41) is 17.2. The van der Waals surface area contributed by atoms with Gasteiger partial charge in [-0.2, -0.15) is 0 Å². The minimum Gasteiger partial charge on any atom is -0.478 e. The van der Waals surface area contributed by atoms with Gasteiger partial charge in [0.1, 0.15) is 0 Å². The molecule has 5 heteroatoms. The molecule has 0 radical (unpaired) electrons. The Morgan fingerprint density at radius 1 is 1.47 bits per heavy atom. The summed E-state index contributed by atoms with van der Waals surface area (Å²) in [4.78, 5) is 21.2. The van der Waals surface area contributed by atoms with Gasteiger partial charge < -0.3 is 14.9 Å². The van der Waals surface area contributed by atoms with E-state index in [0.29, 0.717) is 6.42 Å². The fraction of sp³-hybridized carbons (Fsp3) is 0.400. The van der Waals surface area contributed by atoms with Crippen molar-refractivity contribution in [3.05, 3.63) is 24.3 Å². The Hall–Kier alpha value is -1.62. The van der Waals surface area contributed by atoms with E-state index in [-0.39, 0.29) is 12.2 Å². The average Bonchev–Trinajstić information content (AvgIpc) is 2.13. The molecule has 0 heterocycles. The molecule has 0 aliphatic carbocycles. The van der Waals surface area contributed by atoms with Crippen LogP contribution in [0.2, 0.25) is 0 Å². The number of carboxylic acid groups (broad SMARTS) is 1. The summed E-state index contributed by atoms with van der Waals surface area (Å²) in [7, 11) is 0. The lowest BCUT2D eigenvalue weighted by atomic mass is 10.2. The Kier molecular flexibility index (Phi) is 6.05. The molecule has 0 aromatic heterocycles. The van der Waals surface area contributed by atoms with Crippen LogP contribution in [0.25, 0.3) is 0 Å². The molecular formula is C10H14O5. The molecule has 1 atom stereocenters. The Morgan fingerprint density at radius 3 is 2.53 bits per heavy atom. The molecule has 0 aliphatic rings. The Bertz CT molecular complexity index is 278. The number of esters is 1.